The van der Waals surface area contributed by atoms with Gasteiger partial charge in [0.2, 0.25) is 5.88 Å². The fraction of sp³-hybridized carbons (Fsp3) is 0.429. The van der Waals surface area contributed by atoms with Gasteiger partial charge in [-0.1, -0.05) is 30.3 Å². The zero-order chi connectivity index (χ0) is 18.1. The van der Waals surface area contributed by atoms with E-state index in [9.17, 15) is 15.0 Å². The molecule has 0 spiro atoms. The number of Topliss-reactive ketones (excluding diaryl/α,β-unsaturated/α-hetero) is 1. The number of benzene rings is 1. The molecule has 5 nitrogen and oxygen atoms in total. The molecule has 1 unspecified atom stereocenters. The molecule has 1 aliphatic heterocycles. The molecule has 1 saturated heterocycles. The topological polar surface area (TPSA) is 73.7 Å². The van der Waals surface area contributed by atoms with E-state index in [1.165, 1.54) is 17.8 Å². The van der Waals surface area contributed by atoms with Crippen LogP contribution in [-0.4, -0.2) is 51.1 Å². The van der Waals surface area contributed by atoms with Gasteiger partial charge in [-0.25, -0.2) is 4.98 Å². The van der Waals surface area contributed by atoms with Crippen LogP contribution in [0.15, 0.2) is 48.7 Å². The van der Waals surface area contributed by atoms with Gasteiger partial charge in [0.25, 0.3) is 0 Å². The Morgan fingerprint density at radius 1 is 1.12 bits per heavy atom. The molecule has 2 aromatic rings. The van der Waals surface area contributed by atoms with Crippen LogP contribution in [-0.2, 0) is 6.42 Å². The molecule has 2 aliphatic rings. The summed E-state index contributed by atoms with van der Waals surface area (Å²) >= 11 is 0. The van der Waals surface area contributed by atoms with Crippen molar-refractivity contribution in [1.82, 2.24) is 9.88 Å². The molecule has 1 aliphatic carbocycles. The molecule has 1 aromatic heterocycles. The summed E-state index contributed by atoms with van der Waals surface area (Å²) < 4.78 is 0. The molecular weight excluding hydrogens is 328 g/mol. The van der Waals surface area contributed by atoms with E-state index in [-0.39, 0.29) is 11.7 Å². The monoisotopic (exact) mass is 352 g/mol. The second-order valence-electron chi connectivity index (χ2n) is 7.84. The van der Waals surface area contributed by atoms with Crippen LogP contribution in [0.5, 0.6) is 5.88 Å². The Bertz CT molecular complexity index is 762. The van der Waals surface area contributed by atoms with E-state index in [1.54, 1.807) is 6.07 Å². The van der Waals surface area contributed by atoms with Crippen molar-refractivity contribution in [3.05, 3.63) is 59.8 Å². The Balaban J connectivity index is 1.33. The van der Waals surface area contributed by atoms with Gasteiger partial charge in [-0.3, -0.25) is 9.69 Å². The van der Waals surface area contributed by atoms with Crippen molar-refractivity contribution in [3.8, 4) is 5.88 Å². The zero-order valence-electron chi connectivity index (χ0n) is 14.7. The molecular formula is C21H24N2O3. The van der Waals surface area contributed by atoms with Gasteiger partial charge < -0.3 is 10.2 Å². The number of hydrogen-bond donors (Lipinski definition) is 2. The zero-order valence-corrected chi connectivity index (χ0v) is 14.7. The number of rotatable bonds is 5. The Morgan fingerprint density at radius 2 is 1.81 bits per heavy atom. The Morgan fingerprint density at radius 3 is 2.42 bits per heavy atom. The molecule has 0 amide bonds. The van der Waals surface area contributed by atoms with Crippen LogP contribution in [0.1, 0.15) is 28.8 Å². The predicted octanol–water partition coefficient (Wildman–Crippen LogP) is 2.29. The fourth-order valence-electron chi connectivity index (χ4n) is 4.65. The van der Waals surface area contributed by atoms with Gasteiger partial charge in [-0.05, 0) is 36.3 Å². The van der Waals surface area contributed by atoms with Crippen molar-refractivity contribution >= 4 is 5.78 Å². The summed E-state index contributed by atoms with van der Waals surface area (Å²) in [7, 11) is 0. The van der Waals surface area contributed by atoms with Crippen molar-refractivity contribution in [1.29, 1.82) is 0 Å². The highest BCUT2D eigenvalue weighted by molar-refractivity contribution is 5.97. The number of aliphatic hydroxyl groups is 1. The van der Waals surface area contributed by atoms with Gasteiger partial charge in [-0.15, -0.1) is 0 Å². The molecule has 0 radical (unpaired) electrons. The number of nitrogens with zero attached hydrogens (tertiary/aromatic N) is 2. The Hall–Kier alpha value is -2.24. The minimum Gasteiger partial charge on any atom is -0.493 e. The smallest absolute Gasteiger partial charge is 0.210 e. The lowest BCUT2D eigenvalue weighted by Gasteiger charge is -2.26. The van der Waals surface area contributed by atoms with Crippen molar-refractivity contribution in [2.45, 2.75) is 24.9 Å². The van der Waals surface area contributed by atoms with Crippen LogP contribution < -0.4 is 0 Å². The molecule has 3 atom stereocenters. The highest BCUT2D eigenvalue weighted by Crippen LogP contribution is 2.45. The van der Waals surface area contributed by atoms with Gasteiger partial charge in [0, 0.05) is 37.3 Å². The molecule has 5 heteroatoms. The Kier molecular flexibility index (Phi) is 4.51. The molecule has 2 fully saturated rings. The lowest BCUT2D eigenvalue weighted by atomic mass is 9.91. The summed E-state index contributed by atoms with van der Waals surface area (Å²) in [5.41, 5.74) is 1.09. The second kappa shape index (κ2) is 6.82. The number of fused-ring (bicyclic) bond motifs is 1. The molecule has 4 rings (SSSR count). The number of aromatic hydroxyl groups is 1. The van der Waals surface area contributed by atoms with E-state index in [2.05, 4.69) is 22.0 Å². The summed E-state index contributed by atoms with van der Waals surface area (Å²) in [6.45, 7) is 2.09. The summed E-state index contributed by atoms with van der Waals surface area (Å²) in [5, 5.41) is 20.2. The molecule has 0 bridgehead atoms. The fourth-order valence-corrected chi connectivity index (χ4v) is 4.65. The first-order valence-corrected chi connectivity index (χ1v) is 9.18. The number of hydrogen-bond acceptors (Lipinski definition) is 5. The maximum atomic E-state index is 12.4. The highest BCUT2D eigenvalue weighted by Gasteiger charge is 2.48. The molecule has 26 heavy (non-hydrogen) atoms. The van der Waals surface area contributed by atoms with Gasteiger partial charge >= 0.3 is 0 Å². The lowest BCUT2D eigenvalue weighted by molar-refractivity contribution is 0.0355. The van der Waals surface area contributed by atoms with E-state index in [0.29, 0.717) is 30.4 Å². The number of carbonyl (C=O) groups is 1. The summed E-state index contributed by atoms with van der Waals surface area (Å²) in [4.78, 5) is 18.3. The van der Waals surface area contributed by atoms with E-state index in [1.807, 2.05) is 18.2 Å². The van der Waals surface area contributed by atoms with Crippen molar-refractivity contribution < 1.29 is 15.0 Å². The van der Waals surface area contributed by atoms with E-state index >= 15 is 0 Å². The average Bonchev–Trinajstić information content (AvgIpc) is 3.10. The van der Waals surface area contributed by atoms with Crippen LogP contribution >= 0.6 is 0 Å². The number of pyridine rings is 1. The standard InChI is InChI=1S/C21H24N2O3/c24-19(16-6-7-20(25)22-11-16)14-23-12-17-9-21(26,10-18(17)13-23)8-15-4-2-1-3-5-15/h1-7,11,17-18,26H,8-10,12-14H2,(H,22,25)/t17-,18+,21?. The first kappa shape index (κ1) is 17.2. The normalized spacial score (nSPS) is 28.2. The maximum Gasteiger partial charge on any atom is 0.210 e. The number of ketones is 1. The largest absolute Gasteiger partial charge is 0.493 e. The maximum absolute atomic E-state index is 12.4. The van der Waals surface area contributed by atoms with Crippen LogP contribution in [0.2, 0.25) is 0 Å². The number of carbonyl (C=O) groups excluding carboxylic acids is 1. The van der Waals surface area contributed by atoms with Gasteiger partial charge in [0.15, 0.2) is 5.78 Å². The highest BCUT2D eigenvalue weighted by atomic mass is 16.3. The third kappa shape index (κ3) is 3.64. The van der Waals surface area contributed by atoms with E-state index < -0.39 is 5.60 Å². The predicted molar refractivity (Wildman–Crippen MR) is 98.0 cm³/mol. The average molecular weight is 352 g/mol. The van der Waals surface area contributed by atoms with Crippen molar-refractivity contribution in [3.63, 3.8) is 0 Å². The molecule has 2 N–H and O–H groups in total. The lowest BCUT2D eigenvalue weighted by Crippen LogP contribution is -2.34. The summed E-state index contributed by atoms with van der Waals surface area (Å²) in [5.74, 6) is 0.857. The second-order valence-corrected chi connectivity index (χ2v) is 7.84. The molecule has 136 valence electrons. The van der Waals surface area contributed by atoms with Crippen LogP contribution in [0.4, 0.5) is 0 Å². The van der Waals surface area contributed by atoms with Gasteiger partial charge in [-0.2, -0.15) is 0 Å². The first-order valence-electron chi connectivity index (χ1n) is 9.18. The quantitative estimate of drug-likeness (QED) is 0.808. The minimum atomic E-state index is -0.617. The summed E-state index contributed by atoms with van der Waals surface area (Å²) in [6, 6.07) is 13.2. The number of likely N-dealkylation sites (tertiary alicyclic amines) is 1. The summed E-state index contributed by atoms with van der Waals surface area (Å²) in [6.07, 6.45) is 3.74. The molecule has 1 aromatic carbocycles. The SMILES string of the molecule is O=C(CN1C[C@@H]2CC(O)(Cc3ccccc3)C[C@@H]2C1)c1ccc(O)nc1. The van der Waals surface area contributed by atoms with Gasteiger partial charge in [0.05, 0.1) is 12.1 Å². The van der Waals surface area contributed by atoms with Crippen molar-refractivity contribution in [2.75, 3.05) is 19.6 Å². The first-order chi connectivity index (χ1) is 12.5. The van der Waals surface area contributed by atoms with E-state index in [0.717, 1.165) is 25.9 Å². The van der Waals surface area contributed by atoms with E-state index in [4.69, 9.17) is 0 Å². The minimum absolute atomic E-state index is 0.0250. The van der Waals surface area contributed by atoms with Crippen LogP contribution in [0.25, 0.3) is 0 Å². The third-order valence-electron chi connectivity index (χ3n) is 5.75. The number of aromatic nitrogens is 1. The molecule has 2 heterocycles. The third-order valence-corrected chi connectivity index (χ3v) is 5.75. The van der Waals surface area contributed by atoms with Gasteiger partial charge in [0.1, 0.15) is 0 Å². The van der Waals surface area contributed by atoms with Crippen molar-refractivity contribution in [2.24, 2.45) is 11.8 Å². The van der Waals surface area contributed by atoms with Crippen LogP contribution in [0, 0.1) is 11.8 Å². The van der Waals surface area contributed by atoms with Crippen LogP contribution in [0.3, 0.4) is 0 Å². The Labute approximate surface area is 153 Å². The molecule has 1 saturated carbocycles.